The Hall–Kier alpha value is 0.160. The van der Waals surface area contributed by atoms with Crippen molar-refractivity contribution < 1.29 is 8.42 Å². The summed E-state index contributed by atoms with van der Waals surface area (Å²) in [7, 11) is -3.32. The minimum Gasteiger partial charge on any atom is -0.195 e. The minimum absolute atomic E-state index is 0.344. The molecule has 1 saturated carbocycles. The van der Waals surface area contributed by atoms with Crippen LogP contribution in [0.3, 0.4) is 0 Å². The Morgan fingerprint density at radius 1 is 1.38 bits per heavy atom. The van der Waals surface area contributed by atoms with Gasteiger partial charge < -0.3 is 0 Å². The maximum atomic E-state index is 12.1. The lowest BCUT2D eigenvalue weighted by Gasteiger charge is -2.30. The van der Waals surface area contributed by atoms with E-state index in [0.29, 0.717) is 24.9 Å². The first-order valence-corrected chi connectivity index (χ1v) is 7.80. The van der Waals surface area contributed by atoms with Crippen LogP contribution < -0.4 is 4.72 Å². The first-order valence-electron chi connectivity index (χ1n) is 5.82. The van der Waals surface area contributed by atoms with Crippen molar-refractivity contribution in [3.05, 3.63) is 0 Å². The van der Waals surface area contributed by atoms with E-state index < -0.39 is 10.2 Å². The number of piperidine rings is 1. The molecule has 0 aromatic rings. The number of hydrogen-bond acceptors (Lipinski definition) is 2. The van der Waals surface area contributed by atoms with Crippen molar-refractivity contribution >= 4 is 21.8 Å². The van der Waals surface area contributed by atoms with Crippen molar-refractivity contribution in [2.75, 3.05) is 19.0 Å². The number of alkyl halides is 1. The molecule has 0 amide bonds. The maximum absolute atomic E-state index is 12.1. The Labute approximate surface area is 103 Å². The molecule has 1 aliphatic heterocycles. The average Bonchev–Trinajstić information content (AvgIpc) is 2.98. The molecular weight excluding hydrogens is 248 g/mol. The standard InChI is InChI=1S/C10H19ClN2O2S/c1-9-2-6-13(7-3-9)16(14,15)12-10(8-11)4-5-10/h9,12H,2-8H2,1H3. The zero-order valence-corrected chi connectivity index (χ0v) is 11.1. The van der Waals surface area contributed by atoms with Crippen LogP contribution in [0.4, 0.5) is 0 Å². The van der Waals surface area contributed by atoms with Crippen molar-refractivity contribution in [3.63, 3.8) is 0 Å². The van der Waals surface area contributed by atoms with Crippen molar-refractivity contribution in [2.45, 2.75) is 38.1 Å². The summed E-state index contributed by atoms with van der Waals surface area (Å²) in [6.45, 7) is 3.43. The first kappa shape index (κ1) is 12.6. The van der Waals surface area contributed by atoms with Crippen molar-refractivity contribution in [2.24, 2.45) is 5.92 Å². The van der Waals surface area contributed by atoms with Crippen LogP contribution >= 0.6 is 11.6 Å². The SMILES string of the molecule is CC1CCN(S(=O)(=O)NC2(CCl)CC2)CC1. The first-order chi connectivity index (χ1) is 7.47. The molecule has 0 aromatic heterocycles. The van der Waals surface area contributed by atoms with Crippen molar-refractivity contribution in [1.29, 1.82) is 0 Å². The molecule has 94 valence electrons. The molecule has 4 nitrogen and oxygen atoms in total. The average molecular weight is 267 g/mol. The lowest BCUT2D eigenvalue weighted by Crippen LogP contribution is -2.49. The number of nitrogens with zero attached hydrogens (tertiary/aromatic N) is 1. The van der Waals surface area contributed by atoms with Crippen LogP contribution in [0, 0.1) is 5.92 Å². The van der Waals surface area contributed by atoms with Crippen LogP contribution in [0.25, 0.3) is 0 Å². The van der Waals surface area contributed by atoms with Gasteiger partial charge in [-0.2, -0.15) is 17.4 Å². The summed E-state index contributed by atoms with van der Waals surface area (Å²) in [5.74, 6) is 1.01. The highest BCUT2D eigenvalue weighted by Crippen LogP contribution is 2.37. The molecule has 0 unspecified atom stereocenters. The van der Waals surface area contributed by atoms with Crippen molar-refractivity contribution in [1.82, 2.24) is 9.03 Å². The summed E-state index contributed by atoms with van der Waals surface area (Å²) in [5.41, 5.74) is -0.344. The highest BCUT2D eigenvalue weighted by atomic mass is 35.5. The normalized spacial score (nSPS) is 26.9. The van der Waals surface area contributed by atoms with E-state index in [1.807, 2.05) is 0 Å². The zero-order valence-electron chi connectivity index (χ0n) is 9.58. The Balaban J connectivity index is 1.97. The van der Waals surface area contributed by atoms with E-state index in [4.69, 9.17) is 11.6 Å². The molecule has 2 aliphatic rings. The second-order valence-corrected chi connectivity index (χ2v) is 7.04. The molecule has 1 saturated heterocycles. The molecular formula is C10H19ClN2O2S. The van der Waals surface area contributed by atoms with Crippen LogP contribution in [0.1, 0.15) is 32.6 Å². The zero-order chi connectivity index (χ0) is 11.8. The fourth-order valence-corrected chi connectivity index (χ4v) is 4.03. The van der Waals surface area contributed by atoms with Gasteiger partial charge in [-0.25, -0.2) is 0 Å². The molecule has 2 rings (SSSR count). The number of nitrogens with one attached hydrogen (secondary N) is 1. The van der Waals surface area contributed by atoms with Gasteiger partial charge in [-0.15, -0.1) is 11.6 Å². The van der Waals surface area contributed by atoms with Gasteiger partial charge in [-0.3, -0.25) is 0 Å². The summed E-state index contributed by atoms with van der Waals surface area (Å²) >= 11 is 5.78. The molecule has 2 fully saturated rings. The highest BCUT2D eigenvalue weighted by Gasteiger charge is 2.46. The molecule has 0 bridgehead atoms. The Morgan fingerprint density at radius 2 is 1.94 bits per heavy atom. The van der Waals surface area contributed by atoms with Gasteiger partial charge in [-0.1, -0.05) is 6.92 Å². The van der Waals surface area contributed by atoms with Gasteiger partial charge in [0.1, 0.15) is 0 Å². The maximum Gasteiger partial charge on any atom is 0.279 e. The third kappa shape index (κ3) is 2.70. The molecule has 16 heavy (non-hydrogen) atoms. The van der Waals surface area contributed by atoms with Gasteiger partial charge in [0, 0.05) is 24.5 Å². The van der Waals surface area contributed by atoms with Crippen molar-refractivity contribution in [3.8, 4) is 0 Å². The Kier molecular flexibility index (Phi) is 3.50. The smallest absolute Gasteiger partial charge is 0.195 e. The van der Waals surface area contributed by atoms with Gasteiger partial charge in [0.05, 0.1) is 0 Å². The summed E-state index contributed by atoms with van der Waals surface area (Å²) < 4.78 is 28.4. The van der Waals surface area contributed by atoms with Gasteiger partial charge in [-0.05, 0) is 31.6 Å². The number of halogens is 1. The third-order valence-corrected chi connectivity index (χ3v) is 5.78. The van der Waals surface area contributed by atoms with Crippen LogP contribution in [0.2, 0.25) is 0 Å². The quantitative estimate of drug-likeness (QED) is 0.781. The van der Waals surface area contributed by atoms with E-state index in [9.17, 15) is 8.42 Å². The van der Waals surface area contributed by atoms with E-state index in [1.165, 1.54) is 0 Å². The van der Waals surface area contributed by atoms with E-state index in [1.54, 1.807) is 4.31 Å². The summed E-state index contributed by atoms with van der Waals surface area (Å²) in [6, 6.07) is 0. The molecule has 1 heterocycles. The largest absolute Gasteiger partial charge is 0.279 e. The van der Waals surface area contributed by atoms with Crippen LogP contribution in [-0.2, 0) is 10.2 Å². The lowest BCUT2D eigenvalue weighted by atomic mass is 10.0. The van der Waals surface area contributed by atoms with E-state index in [0.717, 1.165) is 25.7 Å². The lowest BCUT2D eigenvalue weighted by molar-refractivity contribution is 0.283. The monoisotopic (exact) mass is 266 g/mol. The minimum atomic E-state index is -3.32. The molecule has 0 aromatic carbocycles. The Bertz CT molecular complexity index is 346. The second-order valence-electron chi connectivity index (χ2n) is 5.10. The van der Waals surface area contributed by atoms with Gasteiger partial charge in [0.2, 0.25) is 0 Å². The molecule has 0 spiro atoms. The summed E-state index contributed by atoms with van der Waals surface area (Å²) in [4.78, 5) is 0. The Morgan fingerprint density at radius 3 is 2.38 bits per heavy atom. The molecule has 0 atom stereocenters. The second kappa shape index (κ2) is 4.44. The fraction of sp³-hybridized carbons (Fsp3) is 1.00. The summed E-state index contributed by atoms with van der Waals surface area (Å²) in [6.07, 6.45) is 3.63. The fourth-order valence-electron chi connectivity index (χ4n) is 1.98. The number of hydrogen-bond donors (Lipinski definition) is 1. The molecule has 1 N–H and O–H groups in total. The van der Waals surface area contributed by atoms with E-state index >= 15 is 0 Å². The highest BCUT2D eigenvalue weighted by molar-refractivity contribution is 7.87. The van der Waals surface area contributed by atoms with Crippen LogP contribution in [-0.4, -0.2) is 37.2 Å². The summed E-state index contributed by atoms with van der Waals surface area (Å²) in [5, 5.41) is 0. The topological polar surface area (TPSA) is 49.4 Å². The van der Waals surface area contributed by atoms with Gasteiger partial charge >= 0.3 is 0 Å². The van der Waals surface area contributed by atoms with Crippen LogP contribution in [0.15, 0.2) is 0 Å². The van der Waals surface area contributed by atoms with Gasteiger partial charge in [0.15, 0.2) is 0 Å². The predicted octanol–water partition coefficient (Wildman–Crippen LogP) is 1.32. The van der Waals surface area contributed by atoms with Gasteiger partial charge in [0.25, 0.3) is 10.2 Å². The predicted molar refractivity (Wildman–Crippen MR) is 64.7 cm³/mol. The molecule has 1 aliphatic carbocycles. The molecule has 0 radical (unpaired) electrons. The molecule has 6 heteroatoms. The van der Waals surface area contributed by atoms with E-state index in [2.05, 4.69) is 11.6 Å². The third-order valence-electron chi connectivity index (χ3n) is 3.54. The van der Waals surface area contributed by atoms with E-state index in [-0.39, 0.29) is 5.54 Å². The van der Waals surface area contributed by atoms with Crippen LogP contribution in [0.5, 0.6) is 0 Å². The number of rotatable bonds is 4.